The van der Waals surface area contributed by atoms with Crippen molar-refractivity contribution in [2.75, 3.05) is 24.7 Å². The van der Waals surface area contributed by atoms with Gasteiger partial charge < -0.3 is 15.4 Å². The number of carbonyl (C=O) groups excluding carboxylic acids is 1. The lowest BCUT2D eigenvalue weighted by Crippen LogP contribution is -2.30. The Labute approximate surface area is 182 Å². The summed E-state index contributed by atoms with van der Waals surface area (Å²) in [6, 6.07) is 10.6. The summed E-state index contributed by atoms with van der Waals surface area (Å²) in [6.07, 6.45) is 0. The molecule has 27 heavy (non-hydrogen) atoms. The second-order valence-corrected chi connectivity index (χ2v) is 8.10. The van der Waals surface area contributed by atoms with Gasteiger partial charge in [0, 0.05) is 23.7 Å². The second kappa shape index (κ2) is 11.0. The van der Waals surface area contributed by atoms with E-state index in [2.05, 4.69) is 10.6 Å². The van der Waals surface area contributed by atoms with Crippen LogP contribution in [0, 0.1) is 0 Å². The van der Waals surface area contributed by atoms with Gasteiger partial charge in [0.2, 0.25) is 0 Å². The Kier molecular flexibility index (Phi) is 8.99. The predicted molar refractivity (Wildman–Crippen MR) is 120 cm³/mol. The summed E-state index contributed by atoms with van der Waals surface area (Å²) in [5, 5.41) is 8.05. The van der Waals surface area contributed by atoms with Gasteiger partial charge in [-0.1, -0.05) is 40.9 Å². The average Bonchev–Trinajstić information content (AvgIpc) is 2.65. The van der Waals surface area contributed by atoms with E-state index in [1.54, 1.807) is 36.0 Å². The Hall–Kier alpha value is -1.18. The van der Waals surface area contributed by atoms with Crippen LogP contribution in [0.4, 0.5) is 5.69 Å². The van der Waals surface area contributed by atoms with Gasteiger partial charge in [0.25, 0.3) is 0 Å². The SMILES string of the molecule is COC(=O)c1cc(NC(=S)NCCSCc2ccc(Cl)c(Cl)c2)ccc1Cl. The van der Waals surface area contributed by atoms with Crippen LogP contribution >= 0.6 is 58.8 Å². The number of ether oxygens (including phenoxy) is 1. The van der Waals surface area contributed by atoms with Crippen molar-refractivity contribution in [2.45, 2.75) is 5.75 Å². The number of carbonyl (C=O) groups is 1. The van der Waals surface area contributed by atoms with Gasteiger partial charge in [-0.05, 0) is 48.1 Å². The maximum absolute atomic E-state index is 11.7. The van der Waals surface area contributed by atoms with Gasteiger partial charge in [0.05, 0.1) is 27.7 Å². The summed E-state index contributed by atoms with van der Waals surface area (Å²) in [6.45, 7) is 0.690. The maximum Gasteiger partial charge on any atom is 0.339 e. The zero-order valence-corrected chi connectivity index (χ0v) is 18.3. The van der Waals surface area contributed by atoms with Crippen LogP contribution in [-0.2, 0) is 10.5 Å². The number of hydrogen-bond acceptors (Lipinski definition) is 4. The number of hydrogen-bond donors (Lipinski definition) is 2. The first-order valence-electron chi connectivity index (χ1n) is 7.85. The third-order valence-electron chi connectivity index (χ3n) is 3.41. The average molecular weight is 464 g/mol. The Bertz CT molecular complexity index is 834. The molecule has 0 atom stereocenters. The summed E-state index contributed by atoms with van der Waals surface area (Å²) >= 11 is 24.9. The van der Waals surface area contributed by atoms with Crippen LogP contribution in [0.15, 0.2) is 36.4 Å². The Morgan fingerprint density at radius 3 is 2.56 bits per heavy atom. The van der Waals surface area contributed by atoms with Gasteiger partial charge in [0.15, 0.2) is 5.11 Å². The summed E-state index contributed by atoms with van der Waals surface area (Å²) in [5.74, 6) is 1.19. The number of methoxy groups -OCH3 is 1. The van der Waals surface area contributed by atoms with Gasteiger partial charge in [-0.15, -0.1) is 0 Å². The van der Waals surface area contributed by atoms with Gasteiger partial charge in [-0.3, -0.25) is 0 Å². The van der Waals surface area contributed by atoms with Crippen LogP contribution in [0.3, 0.4) is 0 Å². The fourth-order valence-electron chi connectivity index (χ4n) is 2.10. The van der Waals surface area contributed by atoms with Crippen molar-refractivity contribution in [3.8, 4) is 0 Å². The van der Waals surface area contributed by atoms with Crippen molar-refractivity contribution in [3.05, 3.63) is 62.6 Å². The Morgan fingerprint density at radius 2 is 1.85 bits per heavy atom. The minimum Gasteiger partial charge on any atom is -0.465 e. The number of halogens is 3. The zero-order chi connectivity index (χ0) is 19.8. The highest BCUT2D eigenvalue weighted by Crippen LogP contribution is 2.24. The topological polar surface area (TPSA) is 50.4 Å². The van der Waals surface area contributed by atoms with E-state index in [9.17, 15) is 4.79 Å². The number of thiocarbonyl (C=S) groups is 1. The fraction of sp³-hybridized carbons (Fsp3) is 0.222. The first kappa shape index (κ1) is 22.1. The van der Waals surface area contributed by atoms with Crippen molar-refractivity contribution in [1.82, 2.24) is 5.32 Å². The fourth-order valence-corrected chi connectivity index (χ4v) is 3.64. The smallest absolute Gasteiger partial charge is 0.339 e. The van der Waals surface area contributed by atoms with E-state index in [4.69, 9.17) is 51.8 Å². The monoisotopic (exact) mass is 462 g/mol. The minimum absolute atomic E-state index is 0.282. The van der Waals surface area contributed by atoms with E-state index in [0.717, 1.165) is 17.1 Å². The summed E-state index contributed by atoms with van der Waals surface area (Å²) in [5.41, 5.74) is 2.05. The molecule has 0 bridgehead atoms. The lowest BCUT2D eigenvalue weighted by molar-refractivity contribution is 0.0601. The molecule has 2 N–H and O–H groups in total. The predicted octanol–water partition coefficient (Wildman–Crippen LogP) is 5.65. The molecule has 0 fully saturated rings. The van der Waals surface area contributed by atoms with E-state index >= 15 is 0 Å². The van der Waals surface area contributed by atoms with Gasteiger partial charge in [-0.25, -0.2) is 4.79 Å². The summed E-state index contributed by atoms with van der Waals surface area (Å²) < 4.78 is 4.70. The molecule has 0 amide bonds. The lowest BCUT2D eigenvalue weighted by Gasteiger charge is -2.12. The van der Waals surface area contributed by atoms with Crippen LogP contribution in [0.5, 0.6) is 0 Å². The van der Waals surface area contributed by atoms with Crippen molar-refractivity contribution in [3.63, 3.8) is 0 Å². The van der Waals surface area contributed by atoms with Crippen LogP contribution in [-0.4, -0.2) is 30.5 Å². The molecular weight excluding hydrogens is 447 g/mol. The quantitative estimate of drug-likeness (QED) is 0.314. The van der Waals surface area contributed by atoms with E-state index in [1.165, 1.54) is 7.11 Å². The Morgan fingerprint density at radius 1 is 1.11 bits per heavy atom. The molecule has 2 aromatic rings. The molecule has 2 aromatic carbocycles. The van der Waals surface area contributed by atoms with E-state index in [0.29, 0.717) is 32.4 Å². The largest absolute Gasteiger partial charge is 0.465 e. The van der Waals surface area contributed by atoms with Crippen molar-refractivity contribution in [1.29, 1.82) is 0 Å². The molecule has 0 unspecified atom stereocenters. The molecule has 0 saturated carbocycles. The van der Waals surface area contributed by atoms with E-state index in [-0.39, 0.29) is 5.56 Å². The molecule has 9 heteroatoms. The van der Waals surface area contributed by atoms with Crippen molar-refractivity contribution >= 4 is 75.6 Å². The third-order valence-corrected chi connectivity index (χ3v) is 5.76. The number of esters is 1. The highest BCUT2D eigenvalue weighted by Gasteiger charge is 2.11. The molecule has 2 rings (SSSR count). The molecule has 0 aromatic heterocycles. The van der Waals surface area contributed by atoms with E-state index in [1.807, 2.05) is 12.1 Å². The van der Waals surface area contributed by atoms with Crippen molar-refractivity contribution < 1.29 is 9.53 Å². The highest BCUT2D eigenvalue weighted by molar-refractivity contribution is 7.98. The van der Waals surface area contributed by atoms with Crippen molar-refractivity contribution in [2.24, 2.45) is 0 Å². The molecule has 144 valence electrons. The molecular formula is C18H17Cl3N2O2S2. The zero-order valence-electron chi connectivity index (χ0n) is 14.4. The Balaban J connectivity index is 1.74. The normalized spacial score (nSPS) is 10.4. The number of nitrogens with one attached hydrogen (secondary N) is 2. The molecule has 0 radical (unpaired) electrons. The second-order valence-electron chi connectivity index (χ2n) is 5.37. The molecule has 0 aliphatic carbocycles. The van der Waals surface area contributed by atoms with Gasteiger partial charge in [0.1, 0.15) is 0 Å². The maximum atomic E-state index is 11.7. The number of benzene rings is 2. The van der Waals surface area contributed by atoms with Crippen LogP contribution in [0.2, 0.25) is 15.1 Å². The first-order valence-corrected chi connectivity index (χ1v) is 10.5. The van der Waals surface area contributed by atoms with Crippen LogP contribution in [0.25, 0.3) is 0 Å². The standard InChI is InChI=1S/C18H17Cl3N2O2S2/c1-25-17(24)13-9-12(3-5-14(13)19)23-18(26)22-6-7-27-10-11-2-4-15(20)16(21)8-11/h2-5,8-9H,6-7,10H2,1H3,(H2,22,23,26). The first-order chi connectivity index (χ1) is 12.9. The van der Waals surface area contributed by atoms with E-state index < -0.39 is 5.97 Å². The highest BCUT2D eigenvalue weighted by atomic mass is 35.5. The number of thioether (sulfide) groups is 1. The summed E-state index contributed by atoms with van der Waals surface area (Å²) in [4.78, 5) is 11.7. The molecule has 4 nitrogen and oxygen atoms in total. The molecule has 0 saturated heterocycles. The number of anilines is 1. The minimum atomic E-state index is -0.499. The van der Waals surface area contributed by atoms with Gasteiger partial charge in [-0.2, -0.15) is 11.8 Å². The number of rotatable bonds is 7. The molecule has 0 aliphatic heterocycles. The lowest BCUT2D eigenvalue weighted by atomic mass is 10.2. The molecule has 0 aliphatic rings. The van der Waals surface area contributed by atoms with Gasteiger partial charge >= 0.3 is 5.97 Å². The van der Waals surface area contributed by atoms with Crippen LogP contribution < -0.4 is 10.6 Å². The van der Waals surface area contributed by atoms with Crippen LogP contribution in [0.1, 0.15) is 15.9 Å². The molecule has 0 heterocycles. The third kappa shape index (κ3) is 7.05. The summed E-state index contributed by atoms with van der Waals surface area (Å²) in [7, 11) is 1.31. The molecule has 0 spiro atoms.